The standard InChI is InChI=1S/C17H21N3O3/c1-17(2)9-14(19-16(21)10-20-7-6-18-11-20)13-8-12(22-3)4-5-15(13)23-17/h4-8,11,14H,9-10H2,1-3H3,(H,19,21). The van der Waals surface area contributed by atoms with E-state index in [0.29, 0.717) is 6.42 Å². The molecule has 0 bridgehead atoms. The Morgan fingerprint density at radius 1 is 1.52 bits per heavy atom. The molecule has 122 valence electrons. The highest BCUT2D eigenvalue weighted by Crippen LogP contribution is 2.41. The van der Waals surface area contributed by atoms with E-state index in [9.17, 15) is 4.79 Å². The fraction of sp³-hybridized carbons (Fsp3) is 0.412. The number of carbonyl (C=O) groups is 1. The van der Waals surface area contributed by atoms with Crippen molar-refractivity contribution in [3.05, 3.63) is 42.5 Å². The maximum Gasteiger partial charge on any atom is 0.240 e. The number of amides is 1. The third kappa shape index (κ3) is 3.47. The van der Waals surface area contributed by atoms with Gasteiger partial charge < -0.3 is 19.4 Å². The Bertz CT molecular complexity index is 695. The normalized spacial score (nSPS) is 18.7. The van der Waals surface area contributed by atoms with Gasteiger partial charge in [0.2, 0.25) is 5.91 Å². The monoisotopic (exact) mass is 315 g/mol. The number of hydrogen-bond donors (Lipinski definition) is 1. The van der Waals surface area contributed by atoms with Crippen LogP contribution in [0.1, 0.15) is 31.9 Å². The number of nitrogens with one attached hydrogen (secondary N) is 1. The fourth-order valence-electron chi connectivity index (χ4n) is 2.87. The molecular formula is C17H21N3O3. The number of fused-ring (bicyclic) bond motifs is 1. The summed E-state index contributed by atoms with van der Waals surface area (Å²) in [5, 5.41) is 3.10. The number of ether oxygens (including phenoxy) is 2. The maximum absolute atomic E-state index is 12.3. The second-order valence-electron chi connectivity index (χ2n) is 6.32. The van der Waals surface area contributed by atoms with Gasteiger partial charge in [-0.1, -0.05) is 0 Å². The molecule has 0 radical (unpaired) electrons. The van der Waals surface area contributed by atoms with Crippen molar-refractivity contribution in [2.45, 2.75) is 38.5 Å². The van der Waals surface area contributed by atoms with Crippen LogP contribution in [0.25, 0.3) is 0 Å². The number of hydrogen-bond acceptors (Lipinski definition) is 4. The molecule has 1 aromatic carbocycles. The SMILES string of the molecule is COc1ccc2c(c1)C(NC(=O)Cn1ccnc1)CC(C)(C)O2. The van der Waals surface area contributed by atoms with Crippen LogP contribution < -0.4 is 14.8 Å². The summed E-state index contributed by atoms with van der Waals surface area (Å²) in [5.41, 5.74) is 0.608. The van der Waals surface area contributed by atoms with E-state index in [2.05, 4.69) is 10.3 Å². The van der Waals surface area contributed by atoms with Gasteiger partial charge in [0, 0.05) is 24.4 Å². The quantitative estimate of drug-likeness (QED) is 0.940. The number of carbonyl (C=O) groups excluding carboxylic acids is 1. The van der Waals surface area contributed by atoms with Crippen molar-refractivity contribution in [1.29, 1.82) is 0 Å². The minimum absolute atomic E-state index is 0.0560. The van der Waals surface area contributed by atoms with E-state index in [1.807, 2.05) is 32.0 Å². The van der Waals surface area contributed by atoms with Crippen LogP contribution in [-0.4, -0.2) is 28.2 Å². The second kappa shape index (κ2) is 5.95. The van der Waals surface area contributed by atoms with Gasteiger partial charge in [0.25, 0.3) is 0 Å². The van der Waals surface area contributed by atoms with E-state index < -0.39 is 0 Å². The smallest absolute Gasteiger partial charge is 0.240 e. The van der Waals surface area contributed by atoms with Gasteiger partial charge in [-0.15, -0.1) is 0 Å². The first-order valence-corrected chi connectivity index (χ1v) is 7.59. The van der Waals surface area contributed by atoms with E-state index in [4.69, 9.17) is 9.47 Å². The second-order valence-corrected chi connectivity index (χ2v) is 6.32. The molecule has 2 aromatic rings. The Kier molecular flexibility index (Phi) is 3.98. The molecule has 1 amide bonds. The molecule has 1 aromatic heterocycles. The molecule has 0 saturated carbocycles. The van der Waals surface area contributed by atoms with Crippen molar-refractivity contribution >= 4 is 5.91 Å². The molecule has 1 aliphatic heterocycles. The highest BCUT2D eigenvalue weighted by Gasteiger charge is 2.34. The zero-order valence-electron chi connectivity index (χ0n) is 13.6. The van der Waals surface area contributed by atoms with Crippen LogP contribution in [0, 0.1) is 0 Å². The third-order valence-electron chi connectivity index (χ3n) is 3.89. The molecule has 0 saturated heterocycles. The van der Waals surface area contributed by atoms with E-state index >= 15 is 0 Å². The summed E-state index contributed by atoms with van der Waals surface area (Å²) < 4.78 is 13.0. The van der Waals surface area contributed by atoms with E-state index in [1.165, 1.54) is 0 Å². The van der Waals surface area contributed by atoms with E-state index in [0.717, 1.165) is 17.1 Å². The average Bonchev–Trinajstić information content (AvgIpc) is 2.98. The summed E-state index contributed by atoms with van der Waals surface area (Å²) >= 11 is 0. The van der Waals surface area contributed by atoms with Crippen molar-refractivity contribution in [2.24, 2.45) is 0 Å². The highest BCUT2D eigenvalue weighted by molar-refractivity contribution is 5.76. The number of aromatic nitrogens is 2. The van der Waals surface area contributed by atoms with Gasteiger partial charge in [-0.3, -0.25) is 4.79 Å². The van der Waals surface area contributed by atoms with Gasteiger partial charge in [-0.2, -0.15) is 0 Å². The van der Waals surface area contributed by atoms with Crippen LogP contribution >= 0.6 is 0 Å². The van der Waals surface area contributed by atoms with Gasteiger partial charge in [0.05, 0.1) is 19.5 Å². The van der Waals surface area contributed by atoms with Crippen molar-refractivity contribution in [2.75, 3.05) is 7.11 Å². The first kappa shape index (κ1) is 15.4. The Hall–Kier alpha value is -2.50. The maximum atomic E-state index is 12.3. The molecule has 2 heterocycles. The lowest BCUT2D eigenvalue weighted by Crippen LogP contribution is -2.42. The van der Waals surface area contributed by atoms with E-state index in [1.54, 1.807) is 30.4 Å². The van der Waals surface area contributed by atoms with Gasteiger partial charge in [-0.25, -0.2) is 4.98 Å². The van der Waals surface area contributed by atoms with Crippen molar-refractivity contribution in [3.63, 3.8) is 0 Å². The number of rotatable bonds is 4. The number of nitrogens with zero attached hydrogens (tertiary/aromatic N) is 2. The van der Waals surface area contributed by atoms with Gasteiger partial charge in [0.15, 0.2) is 0 Å². The molecule has 23 heavy (non-hydrogen) atoms. The molecule has 0 fully saturated rings. The van der Waals surface area contributed by atoms with Crippen LogP contribution in [0.3, 0.4) is 0 Å². The average molecular weight is 315 g/mol. The predicted molar refractivity (Wildman–Crippen MR) is 85.4 cm³/mol. The molecule has 0 aliphatic carbocycles. The van der Waals surface area contributed by atoms with Crippen LogP contribution in [0.5, 0.6) is 11.5 Å². The van der Waals surface area contributed by atoms with Gasteiger partial charge >= 0.3 is 0 Å². The Labute approximate surface area is 135 Å². The molecule has 6 nitrogen and oxygen atoms in total. The van der Waals surface area contributed by atoms with Crippen LogP contribution in [0.2, 0.25) is 0 Å². The summed E-state index contributed by atoms with van der Waals surface area (Å²) in [5.74, 6) is 1.48. The lowest BCUT2D eigenvalue weighted by Gasteiger charge is -2.38. The van der Waals surface area contributed by atoms with Crippen LogP contribution in [-0.2, 0) is 11.3 Å². The minimum atomic E-state index is -0.339. The largest absolute Gasteiger partial charge is 0.497 e. The fourth-order valence-corrected chi connectivity index (χ4v) is 2.87. The topological polar surface area (TPSA) is 65.4 Å². The van der Waals surface area contributed by atoms with Crippen molar-refractivity contribution in [1.82, 2.24) is 14.9 Å². The van der Waals surface area contributed by atoms with Gasteiger partial charge in [0.1, 0.15) is 23.6 Å². The zero-order chi connectivity index (χ0) is 16.4. The highest BCUT2D eigenvalue weighted by atomic mass is 16.5. The molecule has 6 heteroatoms. The number of benzene rings is 1. The Morgan fingerprint density at radius 2 is 2.35 bits per heavy atom. The van der Waals surface area contributed by atoms with Crippen LogP contribution in [0.15, 0.2) is 36.9 Å². The summed E-state index contributed by atoms with van der Waals surface area (Å²) in [7, 11) is 1.63. The molecule has 1 atom stereocenters. The first-order valence-electron chi connectivity index (χ1n) is 7.59. The number of methoxy groups -OCH3 is 1. The lowest BCUT2D eigenvalue weighted by molar-refractivity contribution is -0.122. The molecule has 1 unspecified atom stereocenters. The summed E-state index contributed by atoms with van der Waals surface area (Å²) in [6.45, 7) is 4.29. The predicted octanol–water partition coefficient (Wildman–Crippen LogP) is 2.31. The molecule has 1 N–H and O–H groups in total. The van der Waals surface area contributed by atoms with Gasteiger partial charge in [-0.05, 0) is 32.0 Å². The third-order valence-corrected chi connectivity index (χ3v) is 3.89. The minimum Gasteiger partial charge on any atom is -0.497 e. The lowest BCUT2D eigenvalue weighted by atomic mass is 9.89. The Morgan fingerprint density at radius 3 is 3.04 bits per heavy atom. The van der Waals surface area contributed by atoms with Crippen LogP contribution in [0.4, 0.5) is 0 Å². The van der Waals surface area contributed by atoms with Crippen molar-refractivity contribution in [3.8, 4) is 11.5 Å². The summed E-state index contributed by atoms with van der Waals surface area (Å²) in [6, 6.07) is 5.57. The Balaban J connectivity index is 1.82. The number of imidazole rings is 1. The van der Waals surface area contributed by atoms with E-state index in [-0.39, 0.29) is 24.1 Å². The molecular weight excluding hydrogens is 294 g/mol. The summed E-state index contributed by atoms with van der Waals surface area (Å²) in [4.78, 5) is 16.3. The summed E-state index contributed by atoms with van der Waals surface area (Å²) in [6.07, 6.45) is 5.75. The molecule has 3 rings (SSSR count). The van der Waals surface area contributed by atoms with Crippen molar-refractivity contribution < 1.29 is 14.3 Å². The zero-order valence-corrected chi connectivity index (χ0v) is 13.6. The molecule has 0 spiro atoms. The molecule has 1 aliphatic rings. The first-order chi connectivity index (χ1) is 11.0.